The van der Waals surface area contributed by atoms with Gasteiger partial charge in [0.15, 0.2) is 0 Å². The van der Waals surface area contributed by atoms with E-state index in [1.54, 1.807) is 0 Å². The topological polar surface area (TPSA) is 12.0 Å². The van der Waals surface area contributed by atoms with Gasteiger partial charge in [-0.2, -0.15) is 13.2 Å². The monoisotopic (exact) mass is 243 g/mol. The average molecular weight is 243 g/mol. The summed E-state index contributed by atoms with van der Waals surface area (Å²) in [6.45, 7) is 1.83. The third-order valence-electron chi connectivity index (χ3n) is 3.28. The number of hydrogen-bond donors (Lipinski definition) is 1. The van der Waals surface area contributed by atoms with Crippen molar-refractivity contribution >= 4 is 5.69 Å². The Kier molecular flexibility index (Phi) is 3.31. The fourth-order valence-corrected chi connectivity index (χ4v) is 2.24. The van der Waals surface area contributed by atoms with Crippen molar-refractivity contribution in [3.8, 4) is 0 Å². The largest absolute Gasteiger partial charge is 0.416 e. The predicted octanol–water partition coefficient (Wildman–Crippen LogP) is 4.37. The zero-order chi connectivity index (χ0) is 12.5. The number of rotatable bonds is 2. The van der Waals surface area contributed by atoms with E-state index < -0.39 is 11.7 Å². The molecule has 1 saturated carbocycles. The third-order valence-corrected chi connectivity index (χ3v) is 3.28. The van der Waals surface area contributed by atoms with Crippen LogP contribution >= 0.6 is 0 Å². The van der Waals surface area contributed by atoms with Crippen LogP contribution in [0.2, 0.25) is 0 Å². The molecular formula is C13H16F3N. The van der Waals surface area contributed by atoms with Gasteiger partial charge in [0.2, 0.25) is 0 Å². The van der Waals surface area contributed by atoms with Crippen LogP contribution in [-0.2, 0) is 6.18 Å². The van der Waals surface area contributed by atoms with Crippen LogP contribution in [0, 0.1) is 6.92 Å². The Hall–Kier alpha value is -1.19. The van der Waals surface area contributed by atoms with Crippen LogP contribution in [0.3, 0.4) is 0 Å². The summed E-state index contributed by atoms with van der Waals surface area (Å²) in [5, 5.41) is 3.22. The summed E-state index contributed by atoms with van der Waals surface area (Å²) >= 11 is 0. The minimum atomic E-state index is -4.26. The first-order valence-corrected chi connectivity index (χ1v) is 5.91. The van der Waals surface area contributed by atoms with Gasteiger partial charge in [-0.05, 0) is 37.5 Å². The van der Waals surface area contributed by atoms with E-state index in [9.17, 15) is 13.2 Å². The summed E-state index contributed by atoms with van der Waals surface area (Å²) in [5.41, 5.74) is 0.903. The maximum atomic E-state index is 12.6. The van der Waals surface area contributed by atoms with Gasteiger partial charge in [0.05, 0.1) is 5.56 Å². The smallest absolute Gasteiger partial charge is 0.382 e. The van der Waals surface area contributed by atoms with Crippen molar-refractivity contribution in [3.05, 3.63) is 29.3 Å². The van der Waals surface area contributed by atoms with Crippen molar-refractivity contribution in [1.29, 1.82) is 0 Å². The summed E-state index contributed by atoms with van der Waals surface area (Å²) in [5.74, 6) is 0. The highest BCUT2D eigenvalue weighted by atomic mass is 19.4. The number of halogens is 3. The molecule has 0 aliphatic heterocycles. The zero-order valence-corrected chi connectivity index (χ0v) is 9.77. The quantitative estimate of drug-likeness (QED) is 0.813. The van der Waals surface area contributed by atoms with Crippen LogP contribution in [0.1, 0.15) is 36.8 Å². The highest BCUT2D eigenvalue weighted by Gasteiger charge is 2.31. The van der Waals surface area contributed by atoms with Crippen molar-refractivity contribution in [2.24, 2.45) is 0 Å². The molecule has 0 atom stereocenters. The van der Waals surface area contributed by atoms with Crippen LogP contribution < -0.4 is 5.32 Å². The Balaban J connectivity index is 2.20. The molecule has 17 heavy (non-hydrogen) atoms. The molecule has 1 nitrogen and oxygen atoms in total. The standard InChI is InChI=1S/C13H16F3N/c1-9-6-7-10(13(14,15)16)8-12(9)17-11-4-2-3-5-11/h6-8,11,17H,2-5H2,1H3. The SMILES string of the molecule is Cc1ccc(C(F)(F)F)cc1NC1CCCC1. The molecule has 0 aromatic heterocycles. The van der Waals surface area contributed by atoms with Crippen LogP contribution in [-0.4, -0.2) is 6.04 Å². The van der Waals surface area contributed by atoms with Gasteiger partial charge in [0.1, 0.15) is 0 Å². The molecule has 1 aromatic carbocycles. The molecule has 94 valence electrons. The second-order valence-corrected chi connectivity index (χ2v) is 4.65. The van der Waals surface area contributed by atoms with Crippen molar-refractivity contribution < 1.29 is 13.2 Å². The molecule has 0 saturated heterocycles. The van der Waals surface area contributed by atoms with Gasteiger partial charge in [0.25, 0.3) is 0 Å². The van der Waals surface area contributed by atoms with Gasteiger partial charge in [-0.1, -0.05) is 18.9 Å². The number of hydrogen-bond acceptors (Lipinski definition) is 1. The van der Waals surface area contributed by atoms with E-state index in [-0.39, 0.29) is 0 Å². The molecule has 1 aliphatic carbocycles. The molecule has 1 fully saturated rings. The Morgan fingerprint density at radius 1 is 1.18 bits per heavy atom. The van der Waals surface area contributed by atoms with E-state index in [2.05, 4.69) is 5.32 Å². The predicted molar refractivity (Wildman–Crippen MR) is 62.1 cm³/mol. The summed E-state index contributed by atoms with van der Waals surface area (Å²) in [4.78, 5) is 0. The minimum absolute atomic E-state index is 0.331. The summed E-state index contributed by atoms with van der Waals surface area (Å²) in [7, 11) is 0. The van der Waals surface area contributed by atoms with Crippen molar-refractivity contribution in [2.45, 2.75) is 44.8 Å². The van der Waals surface area contributed by atoms with E-state index in [4.69, 9.17) is 0 Å². The molecule has 0 radical (unpaired) electrons. The van der Waals surface area contributed by atoms with Crippen molar-refractivity contribution in [1.82, 2.24) is 0 Å². The van der Waals surface area contributed by atoms with Crippen LogP contribution in [0.15, 0.2) is 18.2 Å². The Morgan fingerprint density at radius 3 is 2.41 bits per heavy atom. The van der Waals surface area contributed by atoms with Gasteiger partial charge in [-0.25, -0.2) is 0 Å². The van der Waals surface area contributed by atoms with Gasteiger partial charge in [-0.15, -0.1) is 0 Å². The molecule has 0 bridgehead atoms. The van der Waals surface area contributed by atoms with E-state index in [1.807, 2.05) is 6.92 Å². The normalized spacial score (nSPS) is 17.4. The molecule has 0 amide bonds. The summed E-state index contributed by atoms with van der Waals surface area (Å²) in [6, 6.07) is 4.21. The summed E-state index contributed by atoms with van der Waals surface area (Å²) in [6.07, 6.45) is 0.163. The maximum absolute atomic E-state index is 12.6. The van der Waals surface area contributed by atoms with Gasteiger partial charge in [0, 0.05) is 11.7 Å². The highest BCUT2D eigenvalue weighted by Crippen LogP contribution is 2.33. The number of alkyl halides is 3. The van der Waals surface area contributed by atoms with E-state index >= 15 is 0 Å². The molecule has 0 heterocycles. The first-order chi connectivity index (χ1) is 7.97. The first kappa shape index (κ1) is 12.3. The average Bonchev–Trinajstić information content (AvgIpc) is 2.72. The lowest BCUT2D eigenvalue weighted by Gasteiger charge is -2.17. The Bertz CT molecular complexity index is 392. The van der Waals surface area contributed by atoms with E-state index in [0.717, 1.165) is 37.3 Å². The second kappa shape index (κ2) is 4.59. The van der Waals surface area contributed by atoms with Crippen molar-refractivity contribution in [2.75, 3.05) is 5.32 Å². The minimum Gasteiger partial charge on any atom is -0.382 e. The van der Waals surface area contributed by atoms with Crippen LogP contribution in [0.25, 0.3) is 0 Å². The maximum Gasteiger partial charge on any atom is 0.416 e. The fourth-order valence-electron chi connectivity index (χ4n) is 2.24. The lowest BCUT2D eigenvalue weighted by atomic mass is 10.1. The molecule has 1 N–H and O–H groups in total. The first-order valence-electron chi connectivity index (χ1n) is 5.91. The lowest BCUT2D eigenvalue weighted by molar-refractivity contribution is -0.137. The van der Waals surface area contributed by atoms with Crippen LogP contribution in [0.4, 0.5) is 18.9 Å². The van der Waals surface area contributed by atoms with Gasteiger partial charge >= 0.3 is 6.18 Å². The molecule has 0 spiro atoms. The van der Waals surface area contributed by atoms with Crippen LogP contribution in [0.5, 0.6) is 0 Å². The van der Waals surface area contributed by atoms with Crippen molar-refractivity contribution in [3.63, 3.8) is 0 Å². The zero-order valence-electron chi connectivity index (χ0n) is 9.77. The second-order valence-electron chi connectivity index (χ2n) is 4.65. The van der Waals surface area contributed by atoms with Gasteiger partial charge < -0.3 is 5.32 Å². The third kappa shape index (κ3) is 2.93. The lowest BCUT2D eigenvalue weighted by Crippen LogP contribution is -2.16. The molecule has 0 unspecified atom stereocenters. The number of aryl methyl sites for hydroxylation is 1. The van der Waals surface area contributed by atoms with E-state index in [0.29, 0.717) is 11.7 Å². The molecule has 4 heteroatoms. The number of nitrogens with one attached hydrogen (secondary N) is 1. The number of anilines is 1. The Labute approximate surface area is 99.0 Å². The summed E-state index contributed by atoms with van der Waals surface area (Å²) < 4.78 is 37.8. The van der Waals surface area contributed by atoms with E-state index in [1.165, 1.54) is 12.1 Å². The highest BCUT2D eigenvalue weighted by molar-refractivity contribution is 5.54. The molecule has 2 rings (SSSR count). The Morgan fingerprint density at radius 2 is 1.82 bits per heavy atom. The fraction of sp³-hybridized carbons (Fsp3) is 0.538. The van der Waals surface area contributed by atoms with Gasteiger partial charge in [-0.3, -0.25) is 0 Å². The molecule has 1 aliphatic rings. The number of benzene rings is 1. The molecule has 1 aromatic rings. The molecular weight excluding hydrogens is 227 g/mol.